The third-order valence-corrected chi connectivity index (χ3v) is 8.55. The molecule has 0 aromatic heterocycles. The van der Waals surface area contributed by atoms with Crippen molar-refractivity contribution in [2.24, 2.45) is 28.9 Å². The number of nitrogens with two attached hydrogens (primary N) is 1. The molecule has 4 aliphatic carbocycles. The number of hydrogen-bond acceptors (Lipinski definition) is 4. The van der Waals surface area contributed by atoms with E-state index >= 15 is 0 Å². The molecule has 152 valence electrons. The van der Waals surface area contributed by atoms with E-state index in [2.05, 4.69) is 0 Å². The molecule has 0 spiro atoms. The van der Waals surface area contributed by atoms with Crippen LogP contribution in [-0.4, -0.2) is 26.5 Å². The molecule has 0 radical (unpaired) electrons. The molecule has 4 saturated carbocycles. The van der Waals surface area contributed by atoms with E-state index in [1.54, 1.807) is 12.1 Å². The van der Waals surface area contributed by atoms with Gasteiger partial charge in [0.05, 0.1) is 4.90 Å². The largest absolute Gasteiger partial charge is 0.327 e. The van der Waals surface area contributed by atoms with Crippen molar-refractivity contribution in [1.82, 2.24) is 0 Å². The summed E-state index contributed by atoms with van der Waals surface area (Å²) in [6.45, 7) is -0.0425. The summed E-state index contributed by atoms with van der Waals surface area (Å²) in [6.07, 6.45) is 9.16. The topological polar surface area (TPSA) is 77.2 Å². The molecule has 0 unspecified atom stereocenters. The van der Waals surface area contributed by atoms with E-state index in [9.17, 15) is 17.6 Å². The third kappa shape index (κ3) is 3.94. The van der Waals surface area contributed by atoms with Gasteiger partial charge in [-0.05, 0) is 79.9 Å². The number of carbonyl (C=O) groups is 1. The Hall–Kier alpha value is -1.53. The zero-order valence-corrected chi connectivity index (χ0v) is 16.9. The lowest BCUT2D eigenvalue weighted by Gasteiger charge is -2.56. The predicted molar refractivity (Wildman–Crippen MR) is 106 cm³/mol. The second kappa shape index (κ2) is 7.38. The van der Waals surface area contributed by atoms with Gasteiger partial charge in [0.25, 0.3) is 0 Å². The normalized spacial score (nSPS) is 31.9. The monoisotopic (exact) mass is 405 g/mol. The Morgan fingerprint density at radius 2 is 1.61 bits per heavy atom. The van der Waals surface area contributed by atoms with Crippen molar-refractivity contribution in [2.45, 2.75) is 49.8 Å². The number of carbonyl (C=O) groups excluding carboxylic acids is 1. The first kappa shape index (κ1) is 19.8. The van der Waals surface area contributed by atoms with E-state index in [-0.39, 0.29) is 22.6 Å². The van der Waals surface area contributed by atoms with Gasteiger partial charge in [-0.25, -0.2) is 12.8 Å². The van der Waals surface area contributed by atoms with Crippen LogP contribution in [0.25, 0.3) is 0 Å². The quantitative estimate of drug-likeness (QED) is 0.694. The van der Waals surface area contributed by atoms with Crippen LogP contribution in [0.5, 0.6) is 0 Å². The lowest BCUT2D eigenvalue weighted by molar-refractivity contribution is -0.0524. The summed E-state index contributed by atoms with van der Waals surface area (Å²) in [4.78, 5) is 12.9. The second-order valence-corrected chi connectivity index (χ2v) is 11.2. The maximum Gasteiger partial charge on any atom is 0.184 e. The van der Waals surface area contributed by atoms with Gasteiger partial charge in [0, 0.05) is 18.5 Å². The summed E-state index contributed by atoms with van der Waals surface area (Å²) < 4.78 is 38.1. The number of rotatable bonds is 7. The maximum atomic E-state index is 13.6. The van der Waals surface area contributed by atoms with Crippen LogP contribution in [0, 0.1) is 23.2 Å². The number of halogens is 1. The van der Waals surface area contributed by atoms with Crippen molar-refractivity contribution in [2.75, 3.05) is 12.3 Å². The van der Waals surface area contributed by atoms with E-state index in [1.807, 2.05) is 0 Å². The lowest BCUT2D eigenvalue weighted by Crippen LogP contribution is -2.46. The van der Waals surface area contributed by atoms with Crippen LogP contribution in [0.15, 0.2) is 41.1 Å². The van der Waals surface area contributed by atoms with Gasteiger partial charge in [0.15, 0.2) is 15.6 Å². The van der Waals surface area contributed by atoms with E-state index < -0.39 is 21.4 Å². The molecule has 4 fully saturated rings. The molecule has 28 heavy (non-hydrogen) atoms. The summed E-state index contributed by atoms with van der Waals surface area (Å²) in [6, 6.07) is 5.97. The Kier molecular flexibility index (Phi) is 5.21. The summed E-state index contributed by atoms with van der Waals surface area (Å²) >= 11 is 0. The van der Waals surface area contributed by atoms with Crippen molar-refractivity contribution < 1.29 is 17.6 Å². The van der Waals surface area contributed by atoms with E-state index in [4.69, 9.17) is 5.73 Å². The first-order chi connectivity index (χ1) is 13.3. The minimum absolute atomic E-state index is 0.0272. The van der Waals surface area contributed by atoms with Crippen LogP contribution >= 0.6 is 0 Å². The molecule has 0 atom stereocenters. The SMILES string of the molecule is NC/C=C(\F)CS(=O)(=O)c1ccc(C(=O)CC23CC4CC(CC(C4)C2)C3)cc1. The average molecular weight is 406 g/mol. The van der Waals surface area contributed by atoms with Gasteiger partial charge in [-0.3, -0.25) is 4.79 Å². The minimum Gasteiger partial charge on any atom is -0.327 e. The summed E-state index contributed by atoms with van der Waals surface area (Å²) in [5, 5.41) is 0. The Morgan fingerprint density at radius 1 is 1.07 bits per heavy atom. The number of Topliss-reactive ketones (excluding diaryl/α,β-unsaturated/α-hetero) is 1. The number of ketones is 1. The van der Waals surface area contributed by atoms with Gasteiger partial charge in [-0.15, -0.1) is 0 Å². The van der Waals surface area contributed by atoms with Crippen LogP contribution in [0.1, 0.15) is 55.3 Å². The van der Waals surface area contributed by atoms with Crippen molar-refractivity contribution in [3.63, 3.8) is 0 Å². The molecule has 0 amide bonds. The van der Waals surface area contributed by atoms with Crippen molar-refractivity contribution in [3.8, 4) is 0 Å². The molecular formula is C22H28FNO3S. The van der Waals surface area contributed by atoms with Crippen LogP contribution in [-0.2, 0) is 9.84 Å². The zero-order chi connectivity index (χ0) is 19.9. The Morgan fingerprint density at radius 3 is 2.11 bits per heavy atom. The van der Waals surface area contributed by atoms with Crippen molar-refractivity contribution >= 4 is 15.6 Å². The highest BCUT2D eigenvalue weighted by molar-refractivity contribution is 7.91. The highest BCUT2D eigenvalue weighted by atomic mass is 32.2. The molecule has 0 saturated heterocycles. The molecule has 0 aliphatic heterocycles. The van der Waals surface area contributed by atoms with Gasteiger partial charge in [0.1, 0.15) is 11.6 Å². The number of sulfone groups is 1. The molecular weight excluding hydrogens is 377 g/mol. The Labute approximate surface area is 166 Å². The second-order valence-electron chi connectivity index (χ2n) is 9.19. The molecule has 4 nitrogen and oxygen atoms in total. The molecule has 4 aliphatic rings. The fraction of sp³-hybridized carbons (Fsp3) is 0.591. The highest BCUT2D eigenvalue weighted by Gasteiger charge is 2.51. The van der Waals surface area contributed by atoms with Gasteiger partial charge in [0.2, 0.25) is 0 Å². The predicted octanol–water partition coefficient (Wildman–Crippen LogP) is 4.06. The molecule has 5 rings (SSSR count). The first-order valence-corrected chi connectivity index (χ1v) is 11.8. The van der Waals surface area contributed by atoms with Crippen LogP contribution in [0.4, 0.5) is 4.39 Å². The molecule has 2 N–H and O–H groups in total. The minimum atomic E-state index is -3.78. The van der Waals surface area contributed by atoms with E-state index in [0.29, 0.717) is 12.0 Å². The Balaban J connectivity index is 1.45. The van der Waals surface area contributed by atoms with Gasteiger partial charge < -0.3 is 5.73 Å². The van der Waals surface area contributed by atoms with Crippen LogP contribution in [0.2, 0.25) is 0 Å². The molecule has 4 bridgehead atoms. The van der Waals surface area contributed by atoms with Gasteiger partial charge in [-0.2, -0.15) is 0 Å². The first-order valence-electron chi connectivity index (χ1n) is 10.2. The van der Waals surface area contributed by atoms with Crippen molar-refractivity contribution in [3.05, 3.63) is 41.7 Å². The summed E-state index contributed by atoms with van der Waals surface area (Å²) in [7, 11) is -3.78. The van der Waals surface area contributed by atoms with E-state index in [1.165, 1.54) is 50.7 Å². The van der Waals surface area contributed by atoms with Crippen LogP contribution in [0.3, 0.4) is 0 Å². The number of hydrogen-bond donors (Lipinski definition) is 1. The molecule has 6 heteroatoms. The lowest BCUT2D eigenvalue weighted by atomic mass is 9.48. The average Bonchev–Trinajstić information content (AvgIpc) is 2.60. The van der Waals surface area contributed by atoms with Crippen molar-refractivity contribution in [1.29, 1.82) is 0 Å². The fourth-order valence-electron chi connectivity index (χ4n) is 6.25. The summed E-state index contributed by atoms with van der Waals surface area (Å²) in [5.41, 5.74) is 5.92. The Bertz CT molecular complexity index is 854. The smallest absolute Gasteiger partial charge is 0.184 e. The van der Waals surface area contributed by atoms with Gasteiger partial charge >= 0.3 is 0 Å². The van der Waals surface area contributed by atoms with Crippen LogP contribution < -0.4 is 5.73 Å². The molecule has 0 heterocycles. The van der Waals surface area contributed by atoms with Gasteiger partial charge in [-0.1, -0.05) is 12.1 Å². The summed E-state index contributed by atoms with van der Waals surface area (Å²) in [5.74, 6) is 1.02. The highest BCUT2D eigenvalue weighted by Crippen LogP contribution is 2.61. The third-order valence-electron chi connectivity index (χ3n) is 6.90. The van der Waals surface area contributed by atoms with E-state index in [0.717, 1.165) is 23.8 Å². The fourth-order valence-corrected chi connectivity index (χ4v) is 7.45. The molecule has 1 aromatic carbocycles. The number of benzene rings is 1. The maximum absolute atomic E-state index is 13.6. The standard InChI is InChI=1S/C22H28FNO3S/c23-19(5-6-24)14-28(26,27)20-3-1-18(2-4-20)21(25)13-22-10-15-7-16(11-22)9-17(8-15)12-22/h1-5,15-17H,6-14,24H2/b19-5-. The molecule has 1 aromatic rings. The zero-order valence-electron chi connectivity index (χ0n) is 16.1.